The van der Waals surface area contributed by atoms with Crippen molar-refractivity contribution < 1.29 is 18.1 Å². The van der Waals surface area contributed by atoms with Gasteiger partial charge in [0.2, 0.25) is 17.6 Å². The fourth-order valence-electron chi connectivity index (χ4n) is 2.94. The smallest absolute Gasteiger partial charge is 0.232 e. The molecule has 2 heterocycles. The first-order chi connectivity index (χ1) is 12.5. The van der Waals surface area contributed by atoms with Crippen molar-refractivity contribution in [3.8, 4) is 11.4 Å². The Kier molecular flexibility index (Phi) is 4.16. The van der Waals surface area contributed by atoms with Crippen LogP contribution in [0.2, 0.25) is 5.02 Å². The quantitative estimate of drug-likeness (QED) is 0.688. The van der Waals surface area contributed by atoms with Gasteiger partial charge in [-0.1, -0.05) is 28.9 Å². The summed E-state index contributed by atoms with van der Waals surface area (Å²) in [6.07, 6.45) is 0.137. The number of nitrogens with zero attached hydrogens (tertiary/aromatic N) is 3. The van der Waals surface area contributed by atoms with Crippen LogP contribution < -0.4 is 4.90 Å². The lowest BCUT2D eigenvalue weighted by atomic mass is 10.1. The van der Waals surface area contributed by atoms with Crippen LogP contribution in [-0.2, 0) is 4.79 Å². The number of carbonyl (C=O) groups excluding carboxylic acids is 1. The average molecular weight is 376 g/mol. The molecular formula is C18H12ClF2N3O2. The largest absolute Gasteiger partial charge is 0.339 e. The first kappa shape index (κ1) is 16.7. The van der Waals surface area contributed by atoms with Gasteiger partial charge in [0.25, 0.3) is 0 Å². The highest BCUT2D eigenvalue weighted by Crippen LogP contribution is 2.35. The summed E-state index contributed by atoms with van der Waals surface area (Å²) in [6, 6.07) is 9.68. The Balaban J connectivity index is 1.59. The molecule has 8 heteroatoms. The zero-order chi connectivity index (χ0) is 18.3. The van der Waals surface area contributed by atoms with Gasteiger partial charge in [0.1, 0.15) is 11.6 Å². The third-order valence-corrected chi connectivity index (χ3v) is 4.52. The van der Waals surface area contributed by atoms with Gasteiger partial charge in [0.15, 0.2) is 0 Å². The molecule has 0 spiro atoms. The van der Waals surface area contributed by atoms with Crippen LogP contribution in [0.1, 0.15) is 18.2 Å². The van der Waals surface area contributed by atoms with E-state index in [4.69, 9.17) is 16.1 Å². The molecular weight excluding hydrogens is 364 g/mol. The summed E-state index contributed by atoms with van der Waals surface area (Å²) in [5, 5.41) is 4.14. The molecule has 1 amide bonds. The van der Waals surface area contributed by atoms with Gasteiger partial charge in [-0.25, -0.2) is 8.78 Å². The molecule has 5 nitrogen and oxygen atoms in total. The highest BCUT2D eigenvalue weighted by Gasteiger charge is 2.36. The highest BCUT2D eigenvalue weighted by atomic mass is 35.5. The second-order valence-corrected chi connectivity index (χ2v) is 6.37. The molecule has 1 fully saturated rings. The predicted octanol–water partition coefficient (Wildman–Crippen LogP) is 4.19. The van der Waals surface area contributed by atoms with E-state index in [1.807, 2.05) is 0 Å². The number of carbonyl (C=O) groups is 1. The van der Waals surface area contributed by atoms with Crippen molar-refractivity contribution in [3.05, 3.63) is 65.0 Å². The number of anilines is 1. The molecule has 0 bridgehead atoms. The van der Waals surface area contributed by atoms with Crippen LogP contribution in [0.5, 0.6) is 0 Å². The fraction of sp³-hybridized carbons (Fsp3) is 0.167. The van der Waals surface area contributed by atoms with E-state index in [1.165, 1.54) is 35.2 Å². The SMILES string of the molecule is O=C1CC(c2nc(-c3cccc(F)c3)no2)CN1c1cc(F)ccc1Cl. The van der Waals surface area contributed by atoms with E-state index in [-0.39, 0.29) is 41.5 Å². The number of aromatic nitrogens is 2. The Morgan fingerprint density at radius 1 is 1.15 bits per heavy atom. The number of hydrogen-bond donors (Lipinski definition) is 0. The summed E-state index contributed by atoms with van der Waals surface area (Å²) >= 11 is 6.09. The normalized spacial score (nSPS) is 17.1. The van der Waals surface area contributed by atoms with Gasteiger partial charge in [-0.05, 0) is 30.3 Å². The van der Waals surface area contributed by atoms with Gasteiger partial charge in [-0.15, -0.1) is 0 Å². The van der Waals surface area contributed by atoms with Crippen LogP contribution in [0, 0.1) is 11.6 Å². The van der Waals surface area contributed by atoms with E-state index in [0.717, 1.165) is 0 Å². The lowest BCUT2D eigenvalue weighted by Crippen LogP contribution is -2.24. The summed E-state index contributed by atoms with van der Waals surface area (Å²) < 4.78 is 32.1. The molecule has 0 saturated carbocycles. The predicted molar refractivity (Wildman–Crippen MR) is 90.8 cm³/mol. The van der Waals surface area contributed by atoms with Crippen LogP contribution >= 0.6 is 11.6 Å². The number of halogens is 3. The van der Waals surface area contributed by atoms with Crippen molar-refractivity contribution in [3.63, 3.8) is 0 Å². The Hall–Kier alpha value is -2.80. The third kappa shape index (κ3) is 3.06. The number of benzene rings is 2. The maximum atomic E-state index is 13.5. The Morgan fingerprint density at radius 3 is 2.77 bits per heavy atom. The van der Waals surface area contributed by atoms with Gasteiger partial charge in [0.05, 0.1) is 16.6 Å². The molecule has 1 unspecified atom stereocenters. The van der Waals surface area contributed by atoms with Gasteiger partial charge < -0.3 is 9.42 Å². The number of hydrogen-bond acceptors (Lipinski definition) is 4. The molecule has 3 aromatic rings. The molecule has 4 rings (SSSR count). The Labute approximate surface area is 152 Å². The summed E-state index contributed by atoms with van der Waals surface area (Å²) in [5.41, 5.74) is 0.790. The van der Waals surface area contributed by atoms with Gasteiger partial charge in [-0.2, -0.15) is 4.98 Å². The van der Waals surface area contributed by atoms with Gasteiger partial charge in [0, 0.05) is 18.5 Å². The molecule has 1 aliphatic heterocycles. The molecule has 0 radical (unpaired) electrons. The zero-order valence-corrected chi connectivity index (χ0v) is 14.1. The van der Waals surface area contributed by atoms with Crippen molar-refractivity contribution in [2.45, 2.75) is 12.3 Å². The molecule has 1 atom stereocenters. The molecule has 2 aromatic carbocycles. The van der Waals surface area contributed by atoms with Crippen LogP contribution in [0.3, 0.4) is 0 Å². The maximum Gasteiger partial charge on any atom is 0.232 e. The summed E-state index contributed by atoms with van der Waals surface area (Å²) in [7, 11) is 0. The number of rotatable bonds is 3. The average Bonchev–Trinajstić information content (AvgIpc) is 3.24. The van der Waals surface area contributed by atoms with E-state index < -0.39 is 11.6 Å². The van der Waals surface area contributed by atoms with Crippen molar-refractivity contribution in [2.24, 2.45) is 0 Å². The molecule has 1 aliphatic rings. The fourth-order valence-corrected chi connectivity index (χ4v) is 3.16. The van der Waals surface area contributed by atoms with E-state index in [1.54, 1.807) is 12.1 Å². The Bertz CT molecular complexity index is 992. The third-order valence-electron chi connectivity index (χ3n) is 4.20. The Morgan fingerprint density at radius 2 is 1.96 bits per heavy atom. The van der Waals surface area contributed by atoms with E-state index in [0.29, 0.717) is 11.3 Å². The lowest BCUT2D eigenvalue weighted by Gasteiger charge is -2.17. The van der Waals surface area contributed by atoms with Crippen LogP contribution in [0.15, 0.2) is 47.0 Å². The second kappa shape index (κ2) is 6.49. The first-order valence-electron chi connectivity index (χ1n) is 7.86. The maximum absolute atomic E-state index is 13.5. The van der Waals surface area contributed by atoms with E-state index in [2.05, 4.69) is 10.1 Å². The summed E-state index contributed by atoms with van der Waals surface area (Å²) in [5.74, 6) is -0.935. The molecule has 132 valence electrons. The van der Waals surface area contributed by atoms with Crippen molar-refractivity contribution >= 4 is 23.2 Å². The molecule has 1 saturated heterocycles. The molecule has 0 N–H and O–H groups in total. The lowest BCUT2D eigenvalue weighted by molar-refractivity contribution is -0.117. The molecule has 26 heavy (non-hydrogen) atoms. The first-order valence-corrected chi connectivity index (χ1v) is 8.24. The van der Waals surface area contributed by atoms with Crippen LogP contribution in [0.4, 0.5) is 14.5 Å². The monoisotopic (exact) mass is 375 g/mol. The van der Waals surface area contributed by atoms with Gasteiger partial charge >= 0.3 is 0 Å². The molecule has 1 aromatic heterocycles. The van der Waals surface area contributed by atoms with Crippen molar-refractivity contribution in [2.75, 3.05) is 11.4 Å². The van der Waals surface area contributed by atoms with Gasteiger partial charge in [-0.3, -0.25) is 4.79 Å². The van der Waals surface area contributed by atoms with Crippen LogP contribution in [0.25, 0.3) is 11.4 Å². The zero-order valence-electron chi connectivity index (χ0n) is 13.3. The number of amides is 1. The standard InChI is InChI=1S/C18H12ClF2N3O2/c19-14-5-4-13(21)8-15(14)24-9-11(7-16(24)25)18-22-17(23-26-18)10-2-1-3-12(20)6-10/h1-6,8,11H,7,9H2. The second-order valence-electron chi connectivity index (χ2n) is 5.97. The van der Waals surface area contributed by atoms with Crippen molar-refractivity contribution in [1.82, 2.24) is 10.1 Å². The topological polar surface area (TPSA) is 59.2 Å². The van der Waals surface area contributed by atoms with Crippen molar-refractivity contribution in [1.29, 1.82) is 0 Å². The van der Waals surface area contributed by atoms with E-state index in [9.17, 15) is 13.6 Å². The van der Waals surface area contributed by atoms with Crippen LogP contribution in [-0.4, -0.2) is 22.6 Å². The minimum Gasteiger partial charge on any atom is -0.339 e. The summed E-state index contributed by atoms with van der Waals surface area (Å²) in [4.78, 5) is 18.0. The minimum absolute atomic E-state index is 0.137. The van der Waals surface area contributed by atoms with E-state index >= 15 is 0 Å². The molecule has 0 aliphatic carbocycles. The minimum atomic E-state index is -0.480. The highest BCUT2D eigenvalue weighted by molar-refractivity contribution is 6.33. The summed E-state index contributed by atoms with van der Waals surface area (Å²) in [6.45, 7) is 0.243.